The number of benzene rings is 2. The second-order valence-electron chi connectivity index (χ2n) is 9.33. The van der Waals surface area contributed by atoms with Gasteiger partial charge in [0, 0.05) is 24.0 Å². The van der Waals surface area contributed by atoms with Crippen molar-refractivity contribution in [3.05, 3.63) is 79.9 Å². The van der Waals surface area contributed by atoms with E-state index in [-0.39, 0.29) is 23.1 Å². The molecular formula is C28H28N4O3S2. The molecule has 5 rings (SSSR count). The molecule has 190 valence electrons. The van der Waals surface area contributed by atoms with Crippen molar-refractivity contribution in [1.29, 1.82) is 0 Å². The smallest absolute Gasteiger partial charge is 0.267 e. The van der Waals surface area contributed by atoms with E-state index >= 15 is 0 Å². The van der Waals surface area contributed by atoms with Crippen LogP contribution < -0.4 is 10.9 Å². The summed E-state index contributed by atoms with van der Waals surface area (Å²) in [6.45, 7) is 8.66. The van der Waals surface area contributed by atoms with E-state index in [1.54, 1.807) is 16.4 Å². The summed E-state index contributed by atoms with van der Waals surface area (Å²) in [6, 6.07) is 13.5. The quantitative estimate of drug-likeness (QED) is 0.289. The topological polar surface area (TPSA) is 84.3 Å². The first-order valence-electron chi connectivity index (χ1n) is 12.1. The van der Waals surface area contributed by atoms with Gasteiger partial charge in [-0.3, -0.25) is 19.0 Å². The van der Waals surface area contributed by atoms with Gasteiger partial charge >= 0.3 is 0 Å². The van der Waals surface area contributed by atoms with E-state index in [2.05, 4.69) is 5.32 Å². The van der Waals surface area contributed by atoms with Gasteiger partial charge in [-0.15, -0.1) is 11.3 Å². The third-order valence-corrected chi connectivity index (χ3v) is 8.82. The van der Waals surface area contributed by atoms with Gasteiger partial charge in [-0.1, -0.05) is 36.0 Å². The van der Waals surface area contributed by atoms with Crippen LogP contribution >= 0.6 is 23.1 Å². The summed E-state index contributed by atoms with van der Waals surface area (Å²) in [5, 5.41) is 4.04. The summed E-state index contributed by atoms with van der Waals surface area (Å²) in [4.78, 5) is 47.1. The molecule has 2 aromatic heterocycles. The molecule has 0 saturated heterocycles. The number of para-hydroxylation sites is 1. The molecule has 0 atom stereocenters. The number of rotatable bonds is 5. The highest BCUT2D eigenvalue weighted by atomic mass is 32.2. The molecule has 4 aromatic rings. The number of thioether (sulfide) groups is 1. The van der Waals surface area contributed by atoms with Crippen molar-refractivity contribution in [2.45, 2.75) is 45.8 Å². The highest BCUT2D eigenvalue weighted by molar-refractivity contribution is 7.99. The Kier molecular flexibility index (Phi) is 6.92. The Balaban J connectivity index is 1.53. The Hall–Kier alpha value is -3.43. The van der Waals surface area contributed by atoms with Crippen molar-refractivity contribution in [2.75, 3.05) is 17.6 Å². The van der Waals surface area contributed by atoms with Crippen molar-refractivity contribution in [3.8, 4) is 5.69 Å². The van der Waals surface area contributed by atoms with E-state index in [1.807, 2.05) is 63.2 Å². The zero-order chi connectivity index (χ0) is 26.3. The molecule has 0 fully saturated rings. The normalized spacial score (nSPS) is 13.0. The number of thiophene rings is 1. The summed E-state index contributed by atoms with van der Waals surface area (Å²) in [5.74, 6) is -0.0270. The predicted molar refractivity (Wildman–Crippen MR) is 150 cm³/mol. The molecule has 0 aliphatic carbocycles. The van der Waals surface area contributed by atoms with E-state index < -0.39 is 0 Å². The standard InChI is InChI=1S/C28H28N4O3S2/c1-16-9-10-20(13-18(16)3)29-24(34)15-36-28-30-26-25(21-11-12-31(19(4)33)14-23(21)37-26)27(35)32(28)22-8-6-5-7-17(22)2/h5-10,13H,11-12,14-15H2,1-4H3,(H,29,34). The Morgan fingerprint density at radius 3 is 2.59 bits per heavy atom. The van der Waals surface area contributed by atoms with Gasteiger partial charge in [0.2, 0.25) is 11.8 Å². The molecule has 0 bridgehead atoms. The lowest BCUT2D eigenvalue weighted by Gasteiger charge is -2.25. The van der Waals surface area contributed by atoms with Crippen LogP contribution in [0.3, 0.4) is 0 Å². The number of aryl methyl sites for hydroxylation is 3. The number of hydrogen-bond donors (Lipinski definition) is 1. The maximum absolute atomic E-state index is 14.0. The number of fused-ring (bicyclic) bond motifs is 3. The molecule has 1 aliphatic heterocycles. The average Bonchev–Trinajstić information content (AvgIpc) is 3.23. The van der Waals surface area contributed by atoms with Crippen molar-refractivity contribution in [1.82, 2.24) is 14.5 Å². The van der Waals surface area contributed by atoms with E-state index in [0.717, 1.165) is 38.5 Å². The van der Waals surface area contributed by atoms with Gasteiger partial charge < -0.3 is 10.2 Å². The first-order chi connectivity index (χ1) is 17.7. The van der Waals surface area contributed by atoms with E-state index in [4.69, 9.17) is 4.98 Å². The van der Waals surface area contributed by atoms with Crippen molar-refractivity contribution in [3.63, 3.8) is 0 Å². The van der Waals surface area contributed by atoms with Crippen LogP contribution in [0.1, 0.15) is 34.1 Å². The summed E-state index contributed by atoms with van der Waals surface area (Å²) in [6.07, 6.45) is 0.629. The number of carbonyl (C=O) groups excluding carboxylic acids is 2. The summed E-state index contributed by atoms with van der Waals surface area (Å²) in [7, 11) is 0. The maximum Gasteiger partial charge on any atom is 0.267 e. The van der Waals surface area contributed by atoms with Crippen LogP contribution in [0.5, 0.6) is 0 Å². The number of aromatic nitrogens is 2. The number of nitrogens with zero attached hydrogens (tertiary/aromatic N) is 3. The fourth-order valence-electron chi connectivity index (χ4n) is 4.56. The first kappa shape index (κ1) is 25.2. The Morgan fingerprint density at radius 1 is 1.08 bits per heavy atom. The molecular weight excluding hydrogens is 504 g/mol. The van der Waals surface area contributed by atoms with E-state index in [9.17, 15) is 14.4 Å². The van der Waals surface area contributed by atoms with Gasteiger partial charge in [0.1, 0.15) is 4.83 Å². The minimum Gasteiger partial charge on any atom is -0.337 e. The lowest BCUT2D eigenvalue weighted by atomic mass is 10.1. The summed E-state index contributed by atoms with van der Waals surface area (Å²) >= 11 is 2.71. The zero-order valence-corrected chi connectivity index (χ0v) is 22.9. The molecule has 3 heterocycles. The largest absolute Gasteiger partial charge is 0.337 e. The minimum atomic E-state index is -0.165. The van der Waals surface area contributed by atoms with Crippen LogP contribution in [0.15, 0.2) is 52.4 Å². The predicted octanol–water partition coefficient (Wildman–Crippen LogP) is 5.01. The molecule has 1 aliphatic rings. The van der Waals surface area contributed by atoms with Gasteiger partial charge in [-0.05, 0) is 67.6 Å². The molecule has 2 aromatic carbocycles. The Bertz CT molecular complexity index is 1610. The first-order valence-corrected chi connectivity index (χ1v) is 13.9. The van der Waals surface area contributed by atoms with Gasteiger partial charge in [0.15, 0.2) is 5.16 Å². The van der Waals surface area contributed by atoms with Crippen molar-refractivity contribution in [2.24, 2.45) is 0 Å². The van der Waals surface area contributed by atoms with Gasteiger partial charge in [-0.2, -0.15) is 0 Å². The van der Waals surface area contributed by atoms with Crippen LogP contribution in [-0.4, -0.2) is 38.6 Å². The van der Waals surface area contributed by atoms with Crippen LogP contribution in [0.25, 0.3) is 15.9 Å². The number of nitrogens with one attached hydrogen (secondary N) is 1. The highest BCUT2D eigenvalue weighted by Crippen LogP contribution is 2.34. The van der Waals surface area contributed by atoms with Crippen molar-refractivity contribution < 1.29 is 9.59 Å². The van der Waals surface area contributed by atoms with Gasteiger partial charge in [0.25, 0.3) is 5.56 Å². The highest BCUT2D eigenvalue weighted by Gasteiger charge is 2.27. The van der Waals surface area contributed by atoms with E-state index in [0.29, 0.717) is 34.9 Å². The number of hydrogen-bond acceptors (Lipinski definition) is 6. The van der Waals surface area contributed by atoms with Crippen LogP contribution in [0.2, 0.25) is 0 Å². The second kappa shape index (κ2) is 10.1. The SMILES string of the molecule is CC(=O)N1CCc2c(sc3nc(SCC(=O)Nc4ccc(C)c(C)c4)n(-c4ccccc4C)c(=O)c23)C1. The lowest BCUT2D eigenvalue weighted by Crippen LogP contribution is -2.34. The van der Waals surface area contributed by atoms with Gasteiger partial charge in [0.05, 0.1) is 23.4 Å². The minimum absolute atomic E-state index is 0.0272. The lowest BCUT2D eigenvalue weighted by molar-refractivity contribution is -0.129. The third-order valence-electron chi connectivity index (χ3n) is 6.77. The Labute approximate surface area is 223 Å². The van der Waals surface area contributed by atoms with Crippen LogP contribution in [0.4, 0.5) is 5.69 Å². The number of anilines is 1. The van der Waals surface area contributed by atoms with Gasteiger partial charge in [-0.25, -0.2) is 4.98 Å². The molecule has 2 amide bonds. The van der Waals surface area contributed by atoms with Crippen molar-refractivity contribution >= 4 is 50.8 Å². The summed E-state index contributed by atoms with van der Waals surface area (Å²) in [5.41, 5.74) is 5.56. The molecule has 0 unspecified atom stereocenters. The fourth-order valence-corrected chi connectivity index (χ4v) is 6.64. The molecule has 0 radical (unpaired) electrons. The molecule has 9 heteroatoms. The fraction of sp³-hybridized carbons (Fsp3) is 0.286. The summed E-state index contributed by atoms with van der Waals surface area (Å²) < 4.78 is 1.63. The molecule has 0 spiro atoms. The zero-order valence-electron chi connectivity index (χ0n) is 21.3. The molecule has 37 heavy (non-hydrogen) atoms. The van der Waals surface area contributed by atoms with Crippen LogP contribution in [0, 0.1) is 20.8 Å². The molecule has 7 nitrogen and oxygen atoms in total. The average molecular weight is 533 g/mol. The number of amides is 2. The monoisotopic (exact) mass is 532 g/mol. The molecule has 1 N–H and O–H groups in total. The molecule has 0 saturated carbocycles. The van der Waals surface area contributed by atoms with Crippen LogP contribution in [-0.2, 0) is 22.6 Å². The third kappa shape index (κ3) is 4.93. The Morgan fingerprint density at radius 2 is 1.86 bits per heavy atom. The maximum atomic E-state index is 14.0. The number of carbonyl (C=O) groups is 2. The second-order valence-corrected chi connectivity index (χ2v) is 11.4. The van der Waals surface area contributed by atoms with E-state index in [1.165, 1.54) is 23.1 Å².